The summed E-state index contributed by atoms with van der Waals surface area (Å²) >= 11 is 0. The maximum Gasteiger partial charge on any atom is 0.236 e. The van der Waals surface area contributed by atoms with E-state index >= 15 is 0 Å². The molecule has 5 nitrogen and oxygen atoms in total. The molecule has 0 spiro atoms. The Kier molecular flexibility index (Phi) is 5.31. The Balaban J connectivity index is 2.11. The highest BCUT2D eigenvalue weighted by Gasteiger charge is 2.36. The molecule has 0 aliphatic carbocycles. The molecule has 0 bridgehead atoms. The topological polar surface area (TPSA) is 39.7 Å². The lowest BCUT2D eigenvalue weighted by atomic mass is 10.0. The van der Waals surface area contributed by atoms with E-state index in [0.717, 1.165) is 19.4 Å². The first-order valence-electron chi connectivity index (χ1n) is 7.48. The zero-order chi connectivity index (χ0) is 15.4. The second-order valence-electron chi connectivity index (χ2n) is 6.21. The van der Waals surface area contributed by atoms with Gasteiger partial charge in [-0.3, -0.25) is 14.7 Å². The van der Waals surface area contributed by atoms with E-state index in [4.69, 9.17) is 0 Å². The Morgan fingerprint density at radius 1 is 1.38 bits per heavy atom. The summed E-state index contributed by atoms with van der Waals surface area (Å²) in [6, 6.07) is 4.95. The van der Waals surface area contributed by atoms with E-state index in [0.29, 0.717) is 18.6 Å². The molecule has 2 rings (SSSR count). The number of hydrogen-bond acceptors (Lipinski definition) is 4. The number of likely N-dealkylation sites (tertiary alicyclic amines) is 1. The molecule has 1 amide bonds. The number of aromatic nitrogens is 1. The van der Waals surface area contributed by atoms with Gasteiger partial charge in [0.2, 0.25) is 5.91 Å². The largest absolute Gasteiger partial charge is 0.348 e. The van der Waals surface area contributed by atoms with E-state index in [1.807, 2.05) is 26.4 Å². The summed E-state index contributed by atoms with van der Waals surface area (Å²) in [6.45, 7) is 1.48. The average molecular weight is 290 g/mol. The zero-order valence-corrected chi connectivity index (χ0v) is 13.5. The molecule has 1 fully saturated rings. The van der Waals surface area contributed by atoms with Gasteiger partial charge in [0.25, 0.3) is 0 Å². The molecule has 0 aromatic carbocycles. The monoisotopic (exact) mass is 290 g/mol. The third kappa shape index (κ3) is 4.02. The highest BCUT2D eigenvalue weighted by atomic mass is 16.2. The van der Waals surface area contributed by atoms with Gasteiger partial charge in [-0.2, -0.15) is 0 Å². The SMILES string of the molecule is CN(C)C(=O)CN1CC[C@@H](N(C)C)[C@@H]1Cc1cccnc1. The predicted molar refractivity (Wildman–Crippen MR) is 84.1 cm³/mol. The highest BCUT2D eigenvalue weighted by Crippen LogP contribution is 2.24. The Bertz CT molecular complexity index is 461. The standard InChI is InChI=1S/C16H26N4O/c1-18(2)14-7-9-20(12-16(21)19(3)4)15(14)10-13-6-5-8-17-11-13/h5-6,8,11,14-15H,7,9-10,12H2,1-4H3/t14-,15+/m1/s1. The van der Waals surface area contributed by atoms with Crippen LogP contribution in [0, 0.1) is 0 Å². The molecular formula is C16H26N4O. The molecule has 1 aliphatic heterocycles. The van der Waals surface area contributed by atoms with Crippen molar-refractivity contribution in [2.75, 3.05) is 41.3 Å². The van der Waals surface area contributed by atoms with Crippen molar-refractivity contribution in [1.82, 2.24) is 19.7 Å². The van der Waals surface area contributed by atoms with E-state index in [1.54, 1.807) is 11.1 Å². The van der Waals surface area contributed by atoms with Gasteiger partial charge in [0.15, 0.2) is 0 Å². The Labute approximate surface area is 127 Å². The van der Waals surface area contributed by atoms with Crippen molar-refractivity contribution < 1.29 is 4.79 Å². The van der Waals surface area contributed by atoms with Crippen molar-refractivity contribution >= 4 is 5.91 Å². The number of carbonyl (C=O) groups is 1. The van der Waals surface area contributed by atoms with Crippen LogP contribution < -0.4 is 0 Å². The van der Waals surface area contributed by atoms with Crippen LogP contribution >= 0.6 is 0 Å². The van der Waals surface area contributed by atoms with Crippen molar-refractivity contribution in [3.8, 4) is 0 Å². The van der Waals surface area contributed by atoms with E-state index in [-0.39, 0.29) is 5.91 Å². The number of hydrogen-bond donors (Lipinski definition) is 0. The first-order chi connectivity index (χ1) is 9.99. The molecule has 116 valence electrons. The maximum atomic E-state index is 12.0. The van der Waals surface area contributed by atoms with Crippen LogP contribution in [0.2, 0.25) is 0 Å². The smallest absolute Gasteiger partial charge is 0.236 e. The molecule has 0 unspecified atom stereocenters. The zero-order valence-electron chi connectivity index (χ0n) is 13.5. The molecule has 1 aromatic rings. The lowest BCUT2D eigenvalue weighted by molar-refractivity contribution is -0.130. The van der Waals surface area contributed by atoms with Crippen molar-refractivity contribution in [2.24, 2.45) is 0 Å². The van der Waals surface area contributed by atoms with Crippen LogP contribution in [0.5, 0.6) is 0 Å². The van der Waals surface area contributed by atoms with Crippen LogP contribution in [-0.2, 0) is 11.2 Å². The minimum absolute atomic E-state index is 0.172. The fraction of sp³-hybridized carbons (Fsp3) is 0.625. The van der Waals surface area contributed by atoms with Crippen molar-refractivity contribution in [2.45, 2.75) is 24.9 Å². The van der Waals surface area contributed by atoms with Crippen molar-refractivity contribution in [3.63, 3.8) is 0 Å². The van der Waals surface area contributed by atoms with Gasteiger partial charge < -0.3 is 9.80 Å². The quantitative estimate of drug-likeness (QED) is 0.801. The van der Waals surface area contributed by atoms with Crippen molar-refractivity contribution in [3.05, 3.63) is 30.1 Å². The maximum absolute atomic E-state index is 12.0. The average Bonchev–Trinajstić information content (AvgIpc) is 2.83. The van der Waals surface area contributed by atoms with Crippen LogP contribution in [0.25, 0.3) is 0 Å². The van der Waals surface area contributed by atoms with Crippen LogP contribution in [0.1, 0.15) is 12.0 Å². The summed E-state index contributed by atoms with van der Waals surface area (Å²) in [7, 11) is 7.88. The number of amides is 1. The molecule has 1 saturated heterocycles. The second-order valence-corrected chi connectivity index (χ2v) is 6.21. The molecule has 0 saturated carbocycles. The molecule has 1 aromatic heterocycles. The Morgan fingerprint density at radius 3 is 2.71 bits per heavy atom. The molecule has 2 atom stereocenters. The van der Waals surface area contributed by atoms with E-state index in [2.05, 4.69) is 34.9 Å². The molecule has 1 aliphatic rings. The number of rotatable bonds is 5. The van der Waals surface area contributed by atoms with Gasteiger partial charge in [0, 0.05) is 45.1 Å². The lowest BCUT2D eigenvalue weighted by Crippen LogP contribution is -2.46. The summed E-state index contributed by atoms with van der Waals surface area (Å²) < 4.78 is 0. The van der Waals surface area contributed by atoms with Gasteiger partial charge in [-0.1, -0.05) is 6.07 Å². The van der Waals surface area contributed by atoms with Gasteiger partial charge in [-0.15, -0.1) is 0 Å². The van der Waals surface area contributed by atoms with Gasteiger partial charge in [0.05, 0.1) is 6.54 Å². The second kappa shape index (κ2) is 7.00. The summed E-state index contributed by atoms with van der Waals surface area (Å²) in [5.41, 5.74) is 1.23. The third-order valence-electron chi connectivity index (χ3n) is 4.29. The molecule has 2 heterocycles. The van der Waals surface area contributed by atoms with Gasteiger partial charge in [-0.05, 0) is 38.6 Å². The van der Waals surface area contributed by atoms with Crippen LogP contribution in [-0.4, -0.2) is 79.0 Å². The summed E-state index contributed by atoms with van der Waals surface area (Å²) in [6.07, 6.45) is 5.78. The molecule has 21 heavy (non-hydrogen) atoms. The summed E-state index contributed by atoms with van der Waals surface area (Å²) in [5.74, 6) is 0.172. The fourth-order valence-corrected chi connectivity index (χ4v) is 3.04. The van der Waals surface area contributed by atoms with Crippen LogP contribution in [0.15, 0.2) is 24.5 Å². The first kappa shape index (κ1) is 15.9. The van der Waals surface area contributed by atoms with Gasteiger partial charge in [0.1, 0.15) is 0 Å². The van der Waals surface area contributed by atoms with Gasteiger partial charge in [-0.25, -0.2) is 0 Å². The lowest BCUT2D eigenvalue weighted by Gasteiger charge is -2.31. The normalized spacial score (nSPS) is 22.7. The van der Waals surface area contributed by atoms with Crippen LogP contribution in [0.3, 0.4) is 0 Å². The molecule has 0 radical (unpaired) electrons. The van der Waals surface area contributed by atoms with E-state index < -0.39 is 0 Å². The minimum atomic E-state index is 0.172. The number of nitrogens with zero attached hydrogens (tertiary/aromatic N) is 4. The Hall–Kier alpha value is -1.46. The van der Waals surface area contributed by atoms with E-state index in [9.17, 15) is 4.79 Å². The first-order valence-corrected chi connectivity index (χ1v) is 7.48. The minimum Gasteiger partial charge on any atom is -0.348 e. The third-order valence-corrected chi connectivity index (χ3v) is 4.29. The highest BCUT2D eigenvalue weighted by molar-refractivity contribution is 5.77. The Morgan fingerprint density at radius 2 is 2.14 bits per heavy atom. The molecular weight excluding hydrogens is 264 g/mol. The fourth-order valence-electron chi connectivity index (χ4n) is 3.04. The number of likely N-dealkylation sites (N-methyl/N-ethyl adjacent to an activating group) is 2. The van der Waals surface area contributed by atoms with E-state index in [1.165, 1.54) is 5.56 Å². The predicted octanol–water partition coefficient (Wildman–Crippen LogP) is 0.717. The van der Waals surface area contributed by atoms with Crippen molar-refractivity contribution in [1.29, 1.82) is 0 Å². The van der Waals surface area contributed by atoms with Gasteiger partial charge >= 0.3 is 0 Å². The number of pyridine rings is 1. The summed E-state index contributed by atoms with van der Waals surface area (Å²) in [4.78, 5) is 22.5. The molecule has 0 N–H and O–H groups in total. The van der Waals surface area contributed by atoms with Crippen LogP contribution in [0.4, 0.5) is 0 Å². The number of carbonyl (C=O) groups excluding carboxylic acids is 1. The summed E-state index contributed by atoms with van der Waals surface area (Å²) in [5, 5.41) is 0. The molecule has 5 heteroatoms.